The van der Waals surface area contributed by atoms with Crippen LogP contribution in [0, 0.1) is 22.7 Å². The highest BCUT2D eigenvalue weighted by molar-refractivity contribution is 6.11. The molecule has 0 bridgehead atoms. The molecule has 0 spiro atoms. The molecule has 0 atom stereocenters. The van der Waals surface area contributed by atoms with Gasteiger partial charge in [0.1, 0.15) is 17.7 Å². The highest BCUT2D eigenvalue weighted by Crippen LogP contribution is 2.27. The van der Waals surface area contributed by atoms with Crippen molar-refractivity contribution in [3.05, 3.63) is 53.1 Å². The number of allylic oxidation sites excluding steroid dienone is 1. The van der Waals surface area contributed by atoms with Gasteiger partial charge in [-0.3, -0.25) is 0 Å². The number of carbonyl (C=O) groups excluding carboxylic acids is 2. The zero-order chi connectivity index (χ0) is 16.5. The normalized spacial score (nSPS) is 9.91. The van der Waals surface area contributed by atoms with Gasteiger partial charge in [0.25, 0.3) is 0 Å². The molecular weight excluding hydrogens is 284 g/mol. The summed E-state index contributed by atoms with van der Waals surface area (Å²) in [4.78, 5) is 23.4. The fourth-order valence-electron chi connectivity index (χ4n) is 1.70. The molecule has 1 rings (SSSR count). The van der Waals surface area contributed by atoms with Crippen LogP contribution in [0.1, 0.15) is 5.56 Å². The van der Waals surface area contributed by atoms with Crippen LogP contribution in [-0.2, 0) is 19.1 Å². The Morgan fingerprint density at radius 2 is 1.64 bits per heavy atom. The van der Waals surface area contributed by atoms with Crippen LogP contribution in [0.5, 0.6) is 0 Å². The standard InChI is InChI=1S/C16H12N2O4/c1-21-14(19)8-13(16(20)22-2)15(12(9-17)10-18)11-6-4-3-5-7-11/h3-8H,1-2H3/b13-8-. The van der Waals surface area contributed by atoms with Crippen LogP contribution in [0.3, 0.4) is 0 Å². The fourth-order valence-corrected chi connectivity index (χ4v) is 1.70. The first-order chi connectivity index (χ1) is 10.6. The lowest BCUT2D eigenvalue weighted by Gasteiger charge is -2.11. The van der Waals surface area contributed by atoms with Crippen molar-refractivity contribution in [2.45, 2.75) is 0 Å². The Morgan fingerprint density at radius 3 is 2.09 bits per heavy atom. The lowest BCUT2D eigenvalue weighted by Crippen LogP contribution is -2.11. The Morgan fingerprint density at radius 1 is 1.05 bits per heavy atom. The number of hydrogen-bond donors (Lipinski definition) is 0. The van der Waals surface area contributed by atoms with E-state index in [1.54, 1.807) is 42.5 Å². The average Bonchev–Trinajstić information content (AvgIpc) is 2.57. The van der Waals surface area contributed by atoms with Gasteiger partial charge in [-0.15, -0.1) is 0 Å². The van der Waals surface area contributed by atoms with E-state index in [0.29, 0.717) is 5.56 Å². The summed E-state index contributed by atoms with van der Waals surface area (Å²) in [6.07, 6.45) is 0.892. The molecule has 1 aromatic rings. The number of nitriles is 2. The van der Waals surface area contributed by atoms with E-state index >= 15 is 0 Å². The lowest BCUT2D eigenvalue weighted by atomic mass is 9.93. The molecule has 0 unspecified atom stereocenters. The average molecular weight is 296 g/mol. The van der Waals surface area contributed by atoms with Crippen LogP contribution in [0.25, 0.3) is 5.57 Å². The summed E-state index contributed by atoms with van der Waals surface area (Å²) >= 11 is 0. The van der Waals surface area contributed by atoms with Gasteiger partial charge in [0, 0.05) is 11.6 Å². The van der Waals surface area contributed by atoms with Crippen molar-refractivity contribution in [3.63, 3.8) is 0 Å². The van der Waals surface area contributed by atoms with Crippen LogP contribution in [-0.4, -0.2) is 26.2 Å². The van der Waals surface area contributed by atoms with Crippen molar-refractivity contribution >= 4 is 17.5 Å². The lowest BCUT2D eigenvalue weighted by molar-refractivity contribution is -0.138. The summed E-state index contributed by atoms with van der Waals surface area (Å²) in [6.45, 7) is 0. The SMILES string of the molecule is COC(=O)/C=C(\C(=O)OC)C(=C(C#N)C#N)c1ccccc1. The Balaban J connectivity index is 3.69. The highest BCUT2D eigenvalue weighted by atomic mass is 16.5. The molecule has 0 amide bonds. The topological polar surface area (TPSA) is 100 Å². The molecular formula is C16H12N2O4. The molecule has 0 N–H and O–H groups in total. The first kappa shape index (κ1) is 16.7. The predicted molar refractivity (Wildman–Crippen MR) is 76.7 cm³/mol. The smallest absolute Gasteiger partial charge is 0.338 e. The molecule has 0 aliphatic rings. The van der Waals surface area contributed by atoms with E-state index in [2.05, 4.69) is 9.47 Å². The monoisotopic (exact) mass is 296 g/mol. The number of methoxy groups -OCH3 is 2. The molecule has 6 nitrogen and oxygen atoms in total. The number of carbonyl (C=O) groups is 2. The molecule has 0 saturated carbocycles. The van der Waals surface area contributed by atoms with E-state index in [-0.39, 0.29) is 16.7 Å². The Labute approximate surface area is 127 Å². The molecule has 1 aromatic carbocycles. The molecule has 0 radical (unpaired) electrons. The first-order valence-corrected chi connectivity index (χ1v) is 6.07. The van der Waals surface area contributed by atoms with E-state index in [0.717, 1.165) is 20.3 Å². The fraction of sp³-hybridized carbons (Fsp3) is 0.125. The van der Waals surface area contributed by atoms with Gasteiger partial charge in [0.05, 0.1) is 19.8 Å². The molecule has 0 aromatic heterocycles. The molecule has 0 fully saturated rings. The Hall–Kier alpha value is -3.38. The van der Waals surface area contributed by atoms with Crippen molar-refractivity contribution in [1.82, 2.24) is 0 Å². The maximum Gasteiger partial charge on any atom is 0.338 e. The molecule has 22 heavy (non-hydrogen) atoms. The second kappa shape index (κ2) is 8.03. The predicted octanol–water partition coefficient (Wildman–Crippen LogP) is 1.76. The minimum Gasteiger partial charge on any atom is -0.466 e. The highest BCUT2D eigenvalue weighted by Gasteiger charge is 2.22. The second-order valence-corrected chi connectivity index (χ2v) is 3.91. The molecule has 0 heterocycles. The van der Waals surface area contributed by atoms with Crippen molar-refractivity contribution in [2.75, 3.05) is 14.2 Å². The van der Waals surface area contributed by atoms with Gasteiger partial charge in [-0.2, -0.15) is 10.5 Å². The maximum atomic E-state index is 12.0. The summed E-state index contributed by atoms with van der Waals surface area (Å²) in [7, 11) is 2.28. The van der Waals surface area contributed by atoms with Gasteiger partial charge in [-0.1, -0.05) is 30.3 Å². The molecule has 6 heteroatoms. The van der Waals surface area contributed by atoms with E-state index < -0.39 is 11.9 Å². The molecule has 0 saturated heterocycles. The van der Waals surface area contributed by atoms with Gasteiger partial charge in [-0.05, 0) is 5.56 Å². The third kappa shape index (κ3) is 3.81. The largest absolute Gasteiger partial charge is 0.466 e. The van der Waals surface area contributed by atoms with Crippen LogP contribution in [0.15, 0.2) is 47.6 Å². The molecule has 110 valence electrons. The second-order valence-electron chi connectivity index (χ2n) is 3.91. The summed E-state index contributed by atoms with van der Waals surface area (Å²) in [5, 5.41) is 18.3. The number of ether oxygens (including phenoxy) is 2. The van der Waals surface area contributed by atoms with E-state index in [9.17, 15) is 9.59 Å². The zero-order valence-corrected chi connectivity index (χ0v) is 12.0. The van der Waals surface area contributed by atoms with Gasteiger partial charge in [0.2, 0.25) is 0 Å². The summed E-state index contributed by atoms with van der Waals surface area (Å²) in [5.41, 5.74) is -0.0885. The van der Waals surface area contributed by atoms with Gasteiger partial charge < -0.3 is 9.47 Å². The van der Waals surface area contributed by atoms with Gasteiger partial charge >= 0.3 is 11.9 Å². The van der Waals surface area contributed by atoms with Crippen molar-refractivity contribution in [3.8, 4) is 12.1 Å². The van der Waals surface area contributed by atoms with E-state index in [4.69, 9.17) is 10.5 Å². The van der Waals surface area contributed by atoms with Gasteiger partial charge in [0.15, 0.2) is 0 Å². The molecule has 0 aliphatic carbocycles. The van der Waals surface area contributed by atoms with E-state index in [1.807, 2.05) is 0 Å². The minimum atomic E-state index is -0.854. The Bertz CT molecular complexity index is 703. The molecule has 0 aliphatic heterocycles. The van der Waals surface area contributed by atoms with Crippen LogP contribution in [0.2, 0.25) is 0 Å². The number of hydrogen-bond acceptors (Lipinski definition) is 6. The van der Waals surface area contributed by atoms with Crippen molar-refractivity contribution < 1.29 is 19.1 Å². The number of nitrogens with zero attached hydrogens (tertiary/aromatic N) is 2. The van der Waals surface area contributed by atoms with Crippen LogP contribution in [0.4, 0.5) is 0 Å². The zero-order valence-electron chi connectivity index (χ0n) is 12.0. The van der Waals surface area contributed by atoms with Crippen molar-refractivity contribution in [1.29, 1.82) is 10.5 Å². The number of rotatable bonds is 4. The summed E-state index contributed by atoms with van der Waals surface area (Å²) in [6, 6.07) is 11.7. The first-order valence-electron chi connectivity index (χ1n) is 6.07. The number of benzene rings is 1. The third-order valence-corrected chi connectivity index (χ3v) is 2.67. The van der Waals surface area contributed by atoms with Crippen LogP contribution < -0.4 is 0 Å². The van der Waals surface area contributed by atoms with E-state index in [1.165, 1.54) is 0 Å². The quantitative estimate of drug-likeness (QED) is 0.363. The van der Waals surface area contributed by atoms with Gasteiger partial charge in [-0.25, -0.2) is 9.59 Å². The summed E-state index contributed by atoms with van der Waals surface area (Å²) < 4.78 is 9.13. The maximum absolute atomic E-state index is 12.0. The summed E-state index contributed by atoms with van der Waals surface area (Å²) in [5.74, 6) is -1.66. The number of esters is 2. The minimum absolute atomic E-state index is 0.0165. The third-order valence-electron chi connectivity index (χ3n) is 2.67. The van der Waals surface area contributed by atoms with Crippen molar-refractivity contribution in [2.24, 2.45) is 0 Å². The Kier molecular flexibility index (Phi) is 6.09. The van der Waals surface area contributed by atoms with Crippen LogP contribution >= 0.6 is 0 Å².